The summed E-state index contributed by atoms with van der Waals surface area (Å²) >= 11 is 0. The first kappa shape index (κ1) is 18.9. The maximum atomic E-state index is 12.1. The first-order chi connectivity index (χ1) is 11.8. The van der Waals surface area contributed by atoms with E-state index in [0.717, 1.165) is 0 Å². The highest BCUT2D eigenvalue weighted by Crippen LogP contribution is 2.24. The summed E-state index contributed by atoms with van der Waals surface area (Å²) in [5, 5.41) is 2.68. The maximum Gasteiger partial charge on any atom is 0.412 e. The molecule has 0 radical (unpaired) electrons. The van der Waals surface area contributed by atoms with Crippen LogP contribution in [0.4, 0.5) is 15.3 Å². The minimum Gasteiger partial charge on any atom is -0.495 e. The second-order valence-electron chi connectivity index (χ2n) is 6.90. The number of rotatable bonds is 3. The van der Waals surface area contributed by atoms with Gasteiger partial charge in [0.25, 0.3) is 0 Å². The number of hydrogen-bond acceptors (Lipinski definition) is 5. The second kappa shape index (κ2) is 8.09. The van der Waals surface area contributed by atoms with Crippen molar-refractivity contribution < 1.29 is 23.8 Å². The van der Waals surface area contributed by atoms with Crippen molar-refractivity contribution in [2.24, 2.45) is 0 Å². The number of methoxy groups -OCH3 is 1. The van der Waals surface area contributed by atoms with Gasteiger partial charge in [0.1, 0.15) is 17.5 Å². The number of likely N-dealkylation sites (tertiary alicyclic amines) is 1. The number of para-hydroxylation sites is 2. The van der Waals surface area contributed by atoms with Crippen molar-refractivity contribution in [2.75, 3.05) is 25.5 Å². The molecule has 0 aliphatic carbocycles. The van der Waals surface area contributed by atoms with Crippen LogP contribution < -0.4 is 10.1 Å². The third kappa shape index (κ3) is 5.85. The largest absolute Gasteiger partial charge is 0.495 e. The number of piperidine rings is 1. The van der Waals surface area contributed by atoms with Crippen molar-refractivity contribution in [3.8, 4) is 5.75 Å². The van der Waals surface area contributed by atoms with Gasteiger partial charge < -0.3 is 19.1 Å². The topological polar surface area (TPSA) is 77.1 Å². The number of anilines is 1. The molecule has 2 rings (SSSR count). The minimum absolute atomic E-state index is 0.228. The summed E-state index contributed by atoms with van der Waals surface area (Å²) in [5.41, 5.74) is 0.0418. The van der Waals surface area contributed by atoms with Crippen LogP contribution in [0.15, 0.2) is 24.3 Å². The molecule has 1 aromatic rings. The highest BCUT2D eigenvalue weighted by molar-refractivity contribution is 5.86. The molecule has 0 atom stereocenters. The molecule has 1 aromatic carbocycles. The zero-order valence-corrected chi connectivity index (χ0v) is 15.2. The van der Waals surface area contributed by atoms with Gasteiger partial charge in [0.15, 0.2) is 0 Å². The summed E-state index contributed by atoms with van der Waals surface area (Å²) in [7, 11) is 1.54. The standard InChI is InChI=1S/C18H26N2O5/c1-18(2,3)25-17(22)20-11-9-13(10-12-20)24-16(21)19-14-7-5-6-8-15(14)23-4/h5-8,13H,9-12H2,1-4H3,(H,19,21). The quantitative estimate of drug-likeness (QED) is 0.900. The van der Waals surface area contributed by atoms with E-state index in [1.807, 2.05) is 26.8 Å². The van der Waals surface area contributed by atoms with Crippen LogP contribution in [0.1, 0.15) is 33.6 Å². The van der Waals surface area contributed by atoms with E-state index in [-0.39, 0.29) is 12.2 Å². The van der Waals surface area contributed by atoms with Crippen LogP contribution in [0.3, 0.4) is 0 Å². The molecule has 1 aliphatic heterocycles. The third-order valence-electron chi connectivity index (χ3n) is 3.71. The van der Waals surface area contributed by atoms with Gasteiger partial charge in [-0.1, -0.05) is 12.1 Å². The Hall–Kier alpha value is -2.44. The van der Waals surface area contributed by atoms with Crippen LogP contribution in [0, 0.1) is 0 Å². The van der Waals surface area contributed by atoms with Gasteiger partial charge in [-0.25, -0.2) is 9.59 Å². The Bertz CT molecular complexity index is 604. The summed E-state index contributed by atoms with van der Waals surface area (Å²) in [6.45, 7) is 6.51. The molecule has 0 spiro atoms. The lowest BCUT2D eigenvalue weighted by atomic mass is 10.1. The Morgan fingerprint density at radius 2 is 1.80 bits per heavy atom. The van der Waals surface area contributed by atoms with Crippen LogP contribution in [0.25, 0.3) is 0 Å². The Balaban J connectivity index is 1.80. The fourth-order valence-corrected chi connectivity index (χ4v) is 2.52. The first-order valence-electron chi connectivity index (χ1n) is 8.37. The predicted molar refractivity (Wildman–Crippen MR) is 93.9 cm³/mol. The molecule has 1 saturated heterocycles. The molecule has 7 heteroatoms. The van der Waals surface area contributed by atoms with Gasteiger partial charge in [-0.05, 0) is 32.9 Å². The van der Waals surface area contributed by atoms with Crippen molar-refractivity contribution in [1.82, 2.24) is 4.90 Å². The fourth-order valence-electron chi connectivity index (χ4n) is 2.52. The molecule has 1 aliphatic rings. The van der Waals surface area contributed by atoms with Gasteiger partial charge in [0.2, 0.25) is 0 Å². The third-order valence-corrected chi connectivity index (χ3v) is 3.71. The Labute approximate surface area is 148 Å². The molecule has 25 heavy (non-hydrogen) atoms. The van der Waals surface area contributed by atoms with Crippen LogP contribution in [0.5, 0.6) is 5.75 Å². The lowest BCUT2D eigenvalue weighted by Crippen LogP contribution is -2.44. The molecule has 0 bridgehead atoms. The summed E-state index contributed by atoms with van der Waals surface area (Å²) in [5.74, 6) is 0.569. The molecule has 138 valence electrons. The van der Waals surface area contributed by atoms with Crippen molar-refractivity contribution in [3.05, 3.63) is 24.3 Å². The second-order valence-corrected chi connectivity index (χ2v) is 6.90. The van der Waals surface area contributed by atoms with Gasteiger partial charge in [-0.2, -0.15) is 0 Å². The Morgan fingerprint density at radius 3 is 2.40 bits per heavy atom. The number of carbonyl (C=O) groups is 2. The summed E-state index contributed by atoms with van der Waals surface area (Å²) in [6, 6.07) is 7.12. The fraction of sp³-hybridized carbons (Fsp3) is 0.556. The Morgan fingerprint density at radius 1 is 1.16 bits per heavy atom. The van der Waals surface area contributed by atoms with Crippen LogP contribution in [-0.4, -0.2) is 49.0 Å². The maximum absolute atomic E-state index is 12.1. The predicted octanol–water partition coefficient (Wildman–Crippen LogP) is 3.64. The number of carbonyl (C=O) groups excluding carboxylic acids is 2. The van der Waals surface area contributed by atoms with E-state index >= 15 is 0 Å². The first-order valence-corrected chi connectivity index (χ1v) is 8.37. The SMILES string of the molecule is COc1ccccc1NC(=O)OC1CCN(C(=O)OC(C)(C)C)CC1. The number of nitrogens with one attached hydrogen (secondary N) is 1. The molecular formula is C18H26N2O5. The van der Waals surface area contributed by atoms with Crippen molar-refractivity contribution in [3.63, 3.8) is 0 Å². The van der Waals surface area contributed by atoms with Crippen molar-refractivity contribution >= 4 is 17.9 Å². The number of amides is 2. The van der Waals surface area contributed by atoms with E-state index in [1.54, 1.807) is 23.1 Å². The summed E-state index contributed by atoms with van der Waals surface area (Å²) < 4.78 is 16.0. The van der Waals surface area contributed by atoms with Crippen LogP contribution in [0.2, 0.25) is 0 Å². The zero-order chi connectivity index (χ0) is 18.4. The monoisotopic (exact) mass is 350 g/mol. The van der Waals surface area contributed by atoms with Gasteiger partial charge in [-0.3, -0.25) is 5.32 Å². The minimum atomic E-state index is -0.528. The Kier molecular flexibility index (Phi) is 6.12. The molecule has 0 aromatic heterocycles. The van der Waals surface area contributed by atoms with Gasteiger partial charge in [0, 0.05) is 25.9 Å². The smallest absolute Gasteiger partial charge is 0.412 e. The number of nitrogens with zero attached hydrogens (tertiary/aromatic N) is 1. The highest BCUT2D eigenvalue weighted by atomic mass is 16.6. The summed E-state index contributed by atoms with van der Waals surface area (Å²) in [6.07, 6.45) is 0.0787. The molecule has 7 nitrogen and oxygen atoms in total. The average molecular weight is 350 g/mol. The zero-order valence-electron chi connectivity index (χ0n) is 15.2. The molecule has 1 heterocycles. The average Bonchev–Trinajstić information content (AvgIpc) is 2.54. The molecule has 0 saturated carbocycles. The lowest BCUT2D eigenvalue weighted by molar-refractivity contribution is 0.00793. The van der Waals surface area contributed by atoms with Gasteiger partial charge >= 0.3 is 12.2 Å². The number of benzene rings is 1. The van der Waals surface area contributed by atoms with Crippen LogP contribution >= 0.6 is 0 Å². The van der Waals surface area contributed by atoms with E-state index in [0.29, 0.717) is 37.4 Å². The van der Waals surface area contributed by atoms with E-state index < -0.39 is 11.7 Å². The van der Waals surface area contributed by atoms with E-state index in [4.69, 9.17) is 14.2 Å². The van der Waals surface area contributed by atoms with Gasteiger partial charge in [0.05, 0.1) is 12.8 Å². The molecule has 1 fully saturated rings. The number of ether oxygens (including phenoxy) is 3. The van der Waals surface area contributed by atoms with Crippen molar-refractivity contribution in [1.29, 1.82) is 0 Å². The summed E-state index contributed by atoms with van der Waals surface area (Å²) in [4.78, 5) is 25.7. The van der Waals surface area contributed by atoms with Gasteiger partial charge in [-0.15, -0.1) is 0 Å². The molecule has 1 N–H and O–H groups in total. The van der Waals surface area contributed by atoms with Crippen molar-refractivity contribution in [2.45, 2.75) is 45.3 Å². The number of hydrogen-bond donors (Lipinski definition) is 1. The normalized spacial score (nSPS) is 15.4. The van der Waals surface area contributed by atoms with Crippen LogP contribution in [-0.2, 0) is 9.47 Å². The molecule has 0 unspecified atom stereocenters. The van der Waals surface area contributed by atoms with E-state index in [2.05, 4.69) is 5.32 Å². The highest BCUT2D eigenvalue weighted by Gasteiger charge is 2.28. The molecule has 2 amide bonds. The molecular weight excluding hydrogens is 324 g/mol. The van der Waals surface area contributed by atoms with E-state index in [9.17, 15) is 9.59 Å². The lowest BCUT2D eigenvalue weighted by Gasteiger charge is -2.33. The van der Waals surface area contributed by atoms with E-state index in [1.165, 1.54) is 7.11 Å².